The molecule has 0 aliphatic carbocycles. The molecule has 0 spiro atoms. The summed E-state index contributed by atoms with van der Waals surface area (Å²) in [6.07, 6.45) is 7.62. The molecule has 0 atom stereocenters. The Labute approximate surface area is 156 Å². The molecule has 0 fully saturated rings. The summed E-state index contributed by atoms with van der Waals surface area (Å²) in [5, 5.41) is 7.95. The highest BCUT2D eigenvalue weighted by Crippen LogP contribution is 2.32. The summed E-state index contributed by atoms with van der Waals surface area (Å²) < 4.78 is 2.16. The molecule has 0 saturated heterocycles. The Morgan fingerprint density at radius 3 is 2.52 bits per heavy atom. The summed E-state index contributed by atoms with van der Waals surface area (Å²) in [5.41, 5.74) is 9.78. The van der Waals surface area contributed by atoms with Crippen LogP contribution in [0.1, 0.15) is 16.8 Å². The van der Waals surface area contributed by atoms with Gasteiger partial charge in [-0.15, -0.1) is 0 Å². The second-order valence-corrected chi connectivity index (χ2v) is 6.97. The van der Waals surface area contributed by atoms with Crippen LogP contribution < -0.4 is 0 Å². The molecule has 5 aromatic rings. The Balaban J connectivity index is 1.82. The lowest BCUT2D eigenvalue weighted by Gasteiger charge is -2.07. The van der Waals surface area contributed by atoms with Crippen molar-refractivity contribution < 1.29 is 0 Å². The first-order valence-electron chi connectivity index (χ1n) is 8.96. The lowest BCUT2D eigenvalue weighted by molar-refractivity contribution is 1.09. The highest BCUT2D eigenvalue weighted by molar-refractivity contribution is 5.95. The molecule has 0 aliphatic heterocycles. The zero-order valence-electron chi connectivity index (χ0n) is 15.5. The summed E-state index contributed by atoms with van der Waals surface area (Å²) in [5.74, 6) is 0. The normalized spacial score (nSPS) is 11.5. The van der Waals surface area contributed by atoms with Crippen LogP contribution in [-0.2, 0) is 0 Å². The molecule has 5 rings (SSSR count). The molecule has 0 bridgehead atoms. The molecule has 132 valence electrons. The number of fused-ring (bicyclic) bond motifs is 3. The van der Waals surface area contributed by atoms with E-state index >= 15 is 0 Å². The van der Waals surface area contributed by atoms with Gasteiger partial charge in [0, 0.05) is 46.4 Å². The third-order valence-corrected chi connectivity index (χ3v) is 5.24. The number of aromatic nitrogens is 5. The van der Waals surface area contributed by atoms with Gasteiger partial charge in [-0.05, 0) is 44.0 Å². The van der Waals surface area contributed by atoms with Crippen molar-refractivity contribution in [2.45, 2.75) is 20.8 Å². The molecular formula is C22H19N5. The standard InChI is InChI=1S/C22H19N5/c1-13-5-4-6-14(2)20(13)21-15(3)27-8-7-19-18(22(27)26-21)9-16(10-23-19)17-11-24-25-12-17/h4-12H,1-3H3,(H,24,25). The monoisotopic (exact) mass is 353 g/mol. The van der Waals surface area contributed by atoms with Gasteiger partial charge in [0.1, 0.15) is 5.65 Å². The predicted molar refractivity (Wildman–Crippen MR) is 108 cm³/mol. The number of hydrogen-bond acceptors (Lipinski definition) is 3. The fourth-order valence-electron chi connectivity index (χ4n) is 3.81. The van der Waals surface area contributed by atoms with Gasteiger partial charge in [0.25, 0.3) is 0 Å². The lowest BCUT2D eigenvalue weighted by Crippen LogP contribution is -1.92. The number of nitrogens with one attached hydrogen (secondary N) is 1. The van der Waals surface area contributed by atoms with Gasteiger partial charge < -0.3 is 4.40 Å². The second kappa shape index (κ2) is 5.77. The minimum absolute atomic E-state index is 0.931. The molecule has 0 saturated carbocycles. The minimum atomic E-state index is 0.931. The molecule has 0 aliphatic rings. The van der Waals surface area contributed by atoms with Crippen molar-refractivity contribution in [3.05, 3.63) is 71.9 Å². The van der Waals surface area contributed by atoms with Crippen LogP contribution in [0.25, 0.3) is 38.9 Å². The van der Waals surface area contributed by atoms with Crippen LogP contribution in [0.15, 0.2) is 55.1 Å². The quantitative estimate of drug-likeness (QED) is 0.493. The van der Waals surface area contributed by atoms with Crippen LogP contribution in [0, 0.1) is 20.8 Å². The van der Waals surface area contributed by atoms with Crippen molar-refractivity contribution in [1.29, 1.82) is 0 Å². The maximum atomic E-state index is 5.05. The van der Waals surface area contributed by atoms with Gasteiger partial charge in [0.15, 0.2) is 0 Å². The van der Waals surface area contributed by atoms with Crippen molar-refractivity contribution in [3.8, 4) is 22.4 Å². The third-order valence-electron chi connectivity index (χ3n) is 5.24. The zero-order valence-corrected chi connectivity index (χ0v) is 15.5. The second-order valence-electron chi connectivity index (χ2n) is 6.97. The number of rotatable bonds is 2. The largest absolute Gasteiger partial charge is 0.303 e. The SMILES string of the molecule is Cc1cccc(C)c1-c1nc2c3cc(-c4cn[nH]c4)cnc3ccn2c1C. The maximum absolute atomic E-state index is 5.05. The highest BCUT2D eigenvalue weighted by Gasteiger charge is 2.16. The van der Waals surface area contributed by atoms with Crippen LogP contribution >= 0.6 is 0 Å². The molecule has 5 nitrogen and oxygen atoms in total. The van der Waals surface area contributed by atoms with Gasteiger partial charge in [-0.1, -0.05) is 18.2 Å². The fraction of sp³-hybridized carbons (Fsp3) is 0.136. The van der Waals surface area contributed by atoms with Crippen molar-refractivity contribution in [2.75, 3.05) is 0 Å². The topological polar surface area (TPSA) is 58.9 Å². The number of hydrogen-bond donors (Lipinski definition) is 1. The van der Waals surface area contributed by atoms with E-state index in [1.807, 2.05) is 24.7 Å². The van der Waals surface area contributed by atoms with E-state index in [0.717, 1.165) is 39.1 Å². The smallest absolute Gasteiger partial charge is 0.147 e. The molecule has 4 heterocycles. The van der Waals surface area contributed by atoms with E-state index in [0.29, 0.717) is 0 Å². The van der Waals surface area contributed by atoms with Gasteiger partial charge in [0.05, 0.1) is 17.4 Å². The summed E-state index contributed by atoms with van der Waals surface area (Å²) in [7, 11) is 0. The van der Waals surface area contributed by atoms with Crippen LogP contribution in [0.2, 0.25) is 0 Å². The molecular weight excluding hydrogens is 334 g/mol. The fourth-order valence-corrected chi connectivity index (χ4v) is 3.81. The van der Waals surface area contributed by atoms with Crippen LogP contribution in [-0.4, -0.2) is 24.6 Å². The average Bonchev–Trinajstić information content (AvgIpc) is 3.31. The van der Waals surface area contributed by atoms with Crippen molar-refractivity contribution in [3.63, 3.8) is 0 Å². The molecule has 1 N–H and O–H groups in total. The Bertz CT molecular complexity index is 1280. The molecule has 0 radical (unpaired) electrons. The van der Waals surface area contributed by atoms with E-state index in [1.54, 1.807) is 0 Å². The number of H-pyrrole nitrogens is 1. The van der Waals surface area contributed by atoms with Crippen LogP contribution in [0.4, 0.5) is 0 Å². The van der Waals surface area contributed by atoms with E-state index in [2.05, 4.69) is 70.8 Å². The number of pyridine rings is 2. The number of benzene rings is 1. The first-order chi connectivity index (χ1) is 13.1. The van der Waals surface area contributed by atoms with Gasteiger partial charge in [-0.3, -0.25) is 10.1 Å². The number of imidazole rings is 1. The summed E-state index contributed by atoms with van der Waals surface area (Å²) in [6.45, 7) is 6.41. The number of aromatic amines is 1. The lowest BCUT2D eigenvalue weighted by atomic mass is 9.99. The Kier molecular flexibility index (Phi) is 3.37. The predicted octanol–water partition coefficient (Wildman–Crippen LogP) is 4.86. The molecule has 5 heteroatoms. The molecule has 1 aromatic carbocycles. The molecule has 4 aromatic heterocycles. The van der Waals surface area contributed by atoms with E-state index in [-0.39, 0.29) is 0 Å². The van der Waals surface area contributed by atoms with Crippen molar-refractivity contribution in [2.24, 2.45) is 0 Å². The molecule has 0 amide bonds. The molecule has 0 unspecified atom stereocenters. The summed E-state index contributed by atoms with van der Waals surface area (Å²) in [4.78, 5) is 9.69. The molecule has 27 heavy (non-hydrogen) atoms. The average molecular weight is 353 g/mol. The number of aryl methyl sites for hydroxylation is 3. The van der Waals surface area contributed by atoms with E-state index < -0.39 is 0 Å². The summed E-state index contributed by atoms with van der Waals surface area (Å²) in [6, 6.07) is 10.6. The number of nitrogens with zero attached hydrogens (tertiary/aromatic N) is 4. The Morgan fingerprint density at radius 1 is 0.963 bits per heavy atom. The summed E-state index contributed by atoms with van der Waals surface area (Å²) >= 11 is 0. The third kappa shape index (κ3) is 2.35. The zero-order chi connectivity index (χ0) is 18.5. The van der Waals surface area contributed by atoms with E-state index in [4.69, 9.17) is 4.98 Å². The Hall–Kier alpha value is -3.47. The van der Waals surface area contributed by atoms with Crippen LogP contribution in [0.5, 0.6) is 0 Å². The maximum Gasteiger partial charge on any atom is 0.147 e. The van der Waals surface area contributed by atoms with Gasteiger partial charge in [0.2, 0.25) is 0 Å². The first kappa shape index (κ1) is 15.8. The highest BCUT2D eigenvalue weighted by atomic mass is 15.1. The van der Waals surface area contributed by atoms with E-state index in [9.17, 15) is 0 Å². The first-order valence-corrected chi connectivity index (χ1v) is 8.96. The minimum Gasteiger partial charge on any atom is -0.303 e. The van der Waals surface area contributed by atoms with Gasteiger partial charge in [-0.2, -0.15) is 5.10 Å². The Morgan fingerprint density at radius 2 is 1.78 bits per heavy atom. The van der Waals surface area contributed by atoms with E-state index in [1.165, 1.54) is 16.7 Å². The van der Waals surface area contributed by atoms with Gasteiger partial charge >= 0.3 is 0 Å². The van der Waals surface area contributed by atoms with Crippen molar-refractivity contribution >= 4 is 16.6 Å². The van der Waals surface area contributed by atoms with Gasteiger partial charge in [-0.25, -0.2) is 4.98 Å². The van der Waals surface area contributed by atoms with Crippen LogP contribution in [0.3, 0.4) is 0 Å². The van der Waals surface area contributed by atoms with Crippen molar-refractivity contribution in [1.82, 2.24) is 24.6 Å².